The van der Waals surface area contributed by atoms with Crippen molar-refractivity contribution in [2.75, 3.05) is 24.7 Å². The van der Waals surface area contributed by atoms with Crippen molar-refractivity contribution in [2.45, 2.75) is 33.9 Å². The molecule has 0 N–H and O–H groups in total. The number of nitrogens with zero attached hydrogens (tertiary/aromatic N) is 5. The average Bonchev–Trinajstić information content (AvgIpc) is 3.08. The van der Waals surface area contributed by atoms with Crippen LogP contribution in [0.25, 0.3) is 11.2 Å². The summed E-state index contributed by atoms with van der Waals surface area (Å²) >= 11 is 0. The van der Waals surface area contributed by atoms with E-state index in [9.17, 15) is 9.59 Å². The Morgan fingerprint density at radius 3 is 2.59 bits per heavy atom. The molecule has 3 heterocycles. The quantitative estimate of drug-likeness (QED) is 0.616. The van der Waals surface area contributed by atoms with Crippen LogP contribution < -0.4 is 16.1 Å². The number of anilines is 2. The standard InChI is InChI=1S/C21H27N5O3/c1-5-29-11-10-24-19(27)17-18(23(4)21(24)28)22-20-25(12-15(3)13-26(17)20)16-8-6-14(2)7-9-16/h6-9,15H,5,10-13H2,1-4H3/t15-/m0/s1. The first kappa shape index (κ1) is 19.4. The Balaban J connectivity index is 1.91. The molecular formula is C21H27N5O3. The predicted molar refractivity (Wildman–Crippen MR) is 113 cm³/mol. The molecule has 1 aliphatic rings. The van der Waals surface area contributed by atoms with E-state index in [2.05, 4.69) is 43.0 Å². The third-order valence-corrected chi connectivity index (χ3v) is 5.45. The Morgan fingerprint density at radius 2 is 1.90 bits per heavy atom. The van der Waals surface area contributed by atoms with Gasteiger partial charge in [-0.05, 0) is 31.9 Å². The van der Waals surface area contributed by atoms with Crippen LogP contribution in [0.15, 0.2) is 33.9 Å². The summed E-state index contributed by atoms with van der Waals surface area (Å²) in [6.45, 7) is 8.69. The molecule has 8 nitrogen and oxygen atoms in total. The highest BCUT2D eigenvalue weighted by atomic mass is 16.5. The lowest BCUT2D eigenvalue weighted by Crippen LogP contribution is -2.41. The maximum atomic E-state index is 13.2. The lowest BCUT2D eigenvalue weighted by Gasteiger charge is -2.33. The molecule has 0 saturated carbocycles. The van der Waals surface area contributed by atoms with E-state index in [1.54, 1.807) is 7.05 Å². The Labute approximate surface area is 169 Å². The first-order valence-corrected chi connectivity index (χ1v) is 10.0. The Kier molecular flexibility index (Phi) is 5.04. The van der Waals surface area contributed by atoms with E-state index in [4.69, 9.17) is 9.72 Å². The van der Waals surface area contributed by atoms with Crippen molar-refractivity contribution in [1.82, 2.24) is 18.7 Å². The van der Waals surface area contributed by atoms with Gasteiger partial charge >= 0.3 is 5.69 Å². The van der Waals surface area contributed by atoms with Crippen LogP contribution in [-0.4, -0.2) is 38.4 Å². The molecule has 1 atom stereocenters. The van der Waals surface area contributed by atoms with Crippen LogP contribution in [0.2, 0.25) is 0 Å². The first-order chi connectivity index (χ1) is 13.9. The first-order valence-electron chi connectivity index (χ1n) is 10.0. The summed E-state index contributed by atoms with van der Waals surface area (Å²) in [5.41, 5.74) is 2.44. The molecule has 0 fully saturated rings. The van der Waals surface area contributed by atoms with Gasteiger partial charge < -0.3 is 14.2 Å². The van der Waals surface area contributed by atoms with Gasteiger partial charge in [-0.2, -0.15) is 4.98 Å². The Morgan fingerprint density at radius 1 is 1.17 bits per heavy atom. The maximum absolute atomic E-state index is 13.2. The number of hydrogen-bond acceptors (Lipinski definition) is 5. The summed E-state index contributed by atoms with van der Waals surface area (Å²) < 4.78 is 10.0. The minimum absolute atomic E-state index is 0.229. The van der Waals surface area contributed by atoms with Gasteiger partial charge in [0.25, 0.3) is 5.56 Å². The summed E-state index contributed by atoms with van der Waals surface area (Å²) in [7, 11) is 1.67. The zero-order chi connectivity index (χ0) is 20.7. The summed E-state index contributed by atoms with van der Waals surface area (Å²) in [6, 6.07) is 8.27. The fraction of sp³-hybridized carbons (Fsp3) is 0.476. The van der Waals surface area contributed by atoms with Crippen LogP contribution in [-0.2, 0) is 24.9 Å². The fourth-order valence-corrected chi connectivity index (χ4v) is 3.94. The molecule has 0 saturated heterocycles. The maximum Gasteiger partial charge on any atom is 0.332 e. The van der Waals surface area contributed by atoms with Crippen molar-refractivity contribution >= 4 is 22.8 Å². The number of ether oxygens (including phenoxy) is 1. The lowest BCUT2D eigenvalue weighted by atomic mass is 10.1. The van der Waals surface area contributed by atoms with Gasteiger partial charge in [0.15, 0.2) is 11.2 Å². The van der Waals surface area contributed by atoms with Gasteiger partial charge in [-0.3, -0.25) is 13.9 Å². The van der Waals surface area contributed by atoms with Crippen LogP contribution in [0, 0.1) is 12.8 Å². The van der Waals surface area contributed by atoms with Crippen molar-refractivity contribution in [3.05, 3.63) is 50.7 Å². The van der Waals surface area contributed by atoms with Crippen molar-refractivity contribution < 1.29 is 4.74 Å². The van der Waals surface area contributed by atoms with E-state index in [1.807, 2.05) is 11.5 Å². The monoisotopic (exact) mass is 397 g/mol. The smallest absolute Gasteiger partial charge is 0.332 e. The van der Waals surface area contributed by atoms with E-state index in [-0.39, 0.29) is 17.8 Å². The molecule has 1 aliphatic heterocycles. The van der Waals surface area contributed by atoms with Crippen LogP contribution in [0.3, 0.4) is 0 Å². The molecule has 154 valence electrons. The van der Waals surface area contributed by atoms with Crippen molar-refractivity contribution in [2.24, 2.45) is 13.0 Å². The highest BCUT2D eigenvalue weighted by Gasteiger charge is 2.29. The van der Waals surface area contributed by atoms with E-state index in [0.717, 1.165) is 12.2 Å². The predicted octanol–water partition coefficient (Wildman–Crippen LogP) is 2.03. The van der Waals surface area contributed by atoms with Crippen molar-refractivity contribution in [3.8, 4) is 0 Å². The molecule has 0 spiro atoms. The van der Waals surface area contributed by atoms with Crippen LogP contribution in [0.5, 0.6) is 0 Å². The molecule has 8 heteroatoms. The second-order valence-electron chi connectivity index (χ2n) is 7.74. The zero-order valence-electron chi connectivity index (χ0n) is 17.4. The van der Waals surface area contributed by atoms with Crippen molar-refractivity contribution in [1.29, 1.82) is 0 Å². The number of fused-ring (bicyclic) bond motifs is 3. The van der Waals surface area contributed by atoms with E-state index in [1.165, 1.54) is 14.7 Å². The van der Waals surface area contributed by atoms with Crippen LogP contribution >= 0.6 is 0 Å². The van der Waals surface area contributed by atoms with E-state index >= 15 is 0 Å². The minimum atomic E-state index is -0.368. The third-order valence-electron chi connectivity index (χ3n) is 5.45. The van der Waals surface area contributed by atoms with Gasteiger partial charge in [-0.25, -0.2) is 4.79 Å². The average molecular weight is 397 g/mol. The highest BCUT2D eigenvalue weighted by Crippen LogP contribution is 2.32. The van der Waals surface area contributed by atoms with E-state index < -0.39 is 0 Å². The SMILES string of the molecule is CCOCCn1c(=O)c2c(nc3n2C[C@@H](C)CN3c2ccc(C)cc2)n(C)c1=O. The molecule has 0 bridgehead atoms. The van der Waals surface area contributed by atoms with Crippen LogP contribution in [0.1, 0.15) is 19.4 Å². The molecule has 4 rings (SSSR count). The highest BCUT2D eigenvalue weighted by molar-refractivity contribution is 5.77. The van der Waals surface area contributed by atoms with Crippen LogP contribution in [0.4, 0.5) is 11.6 Å². The summed E-state index contributed by atoms with van der Waals surface area (Å²) in [4.78, 5) is 32.9. The number of aryl methyl sites for hydroxylation is 2. The molecular weight excluding hydrogens is 370 g/mol. The van der Waals surface area contributed by atoms with Gasteiger partial charge in [0, 0.05) is 32.4 Å². The van der Waals surface area contributed by atoms with E-state index in [0.29, 0.717) is 42.8 Å². The number of rotatable bonds is 5. The molecule has 29 heavy (non-hydrogen) atoms. The normalized spacial score (nSPS) is 16.4. The van der Waals surface area contributed by atoms with Gasteiger partial charge in [-0.1, -0.05) is 24.6 Å². The Bertz CT molecular complexity index is 1160. The van der Waals surface area contributed by atoms with Crippen molar-refractivity contribution in [3.63, 3.8) is 0 Å². The molecule has 0 radical (unpaired) electrons. The summed E-state index contributed by atoms with van der Waals surface area (Å²) in [5, 5.41) is 0. The van der Waals surface area contributed by atoms with Gasteiger partial charge in [0.05, 0.1) is 13.2 Å². The number of benzene rings is 1. The number of imidazole rings is 1. The van der Waals surface area contributed by atoms with Gasteiger partial charge in [0.1, 0.15) is 0 Å². The second-order valence-corrected chi connectivity index (χ2v) is 7.74. The number of hydrogen-bond donors (Lipinski definition) is 0. The molecule has 2 aromatic heterocycles. The second kappa shape index (κ2) is 7.51. The topological polar surface area (TPSA) is 74.3 Å². The summed E-state index contributed by atoms with van der Waals surface area (Å²) in [5.74, 6) is 1.03. The molecule has 0 unspecified atom stereocenters. The van der Waals surface area contributed by atoms with Gasteiger partial charge in [-0.15, -0.1) is 0 Å². The fourth-order valence-electron chi connectivity index (χ4n) is 3.94. The largest absolute Gasteiger partial charge is 0.380 e. The Hall–Kier alpha value is -2.87. The minimum Gasteiger partial charge on any atom is -0.380 e. The molecule has 1 aromatic carbocycles. The molecule has 3 aromatic rings. The zero-order valence-corrected chi connectivity index (χ0v) is 17.4. The third kappa shape index (κ3) is 3.27. The number of aromatic nitrogens is 4. The lowest BCUT2D eigenvalue weighted by molar-refractivity contribution is 0.137. The molecule has 0 amide bonds. The summed E-state index contributed by atoms with van der Waals surface area (Å²) in [6.07, 6.45) is 0. The molecule has 0 aliphatic carbocycles. The van der Waals surface area contributed by atoms with Gasteiger partial charge in [0.2, 0.25) is 5.95 Å².